The fourth-order valence-electron chi connectivity index (χ4n) is 3.38. The molecule has 20 heavy (non-hydrogen) atoms. The van der Waals surface area contributed by atoms with E-state index in [1.54, 1.807) is 0 Å². The van der Waals surface area contributed by atoms with Gasteiger partial charge in [-0.05, 0) is 36.5 Å². The molecule has 0 radical (unpaired) electrons. The molecule has 0 saturated heterocycles. The Balaban J connectivity index is 1.92. The summed E-state index contributed by atoms with van der Waals surface area (Å²) in [5.74, 6) is 0.716. The summed E-state index contributed by atoms with van der Waals surface area (Å²) in [5.41, 5.74) is 3.96. The lowest BCUT2D eigenvalue weighted by Gasteiger charge is -2.22. The van der Waals surface area contributed by atoms with Crippen molar-refractivity contribution in [1.82, 2.24) is 4.98 Å². The summed E-state index contributed by atoms with van der Waals surface area (Å²) in [7, 11) is 0. The van der Waals surface area contributed by atoms with Crippen LogP contribution in [0.2, 0.25) is 0 Å². The van der Waals surface area contributed by atoms with Crippen molar-refractivity contribution in [1.29, 1.82) is 0 Å². The smallest absolute Gasteiger partial charge is 0.0704 e. The predicted molar refractivity (Wildman–Crippen MR) is 84.7 cm³/mol. The van der Waals surface area contributed by atoms with Crippen molar-refractivity contribution in [3.05, 3.63) is 54.2 Å². The molecule has 1 aliphatic rings. The predicted octanol–water partition coefficient (Wildman–Crippen LogP) is 5.58. The Morgan fingerprint density at radius 1 is 0.750 bits per heavy atom. The Hall–Kier alpha value is -1.63. The molecule has 3 rings (SSSR count). The van der Waals surface area contributed by atoms with Crippen LogP contribution in [0.25, 0.3) is 11.3 Å². The molecule has 0 amide bonds. The van der Waals surface area contributed by atoms with Crippen LogP contribution in [0.5, 0.6) is 0 Å². The largest absolute Gasteiger partial charge is 0.256 e. The number of rotatable bonds is 2. The zero-order chi connectivity index (χ0) is 13.6. The number of benzene rings is 1. The van der Waals surface area contributed by atoms with E-state index >= 15 is 0 Å². The van der Waals surface area contributed by atoms with E-state index in [4.69, 9.17) is 0 Å². The van der Waals surface area contributed by atoms with Crippen LogP contribution in [0.3, 0.4) is 0 Å². The minimum Gasteiger partial charge on any atom is -0.256 e. The van der Waals surface area contributed by atoms with Crippen LogP contribution in [0.15, 0.2) is 48.7 Å². The molecule has 0 spiro atoms. The topological polar surface area (TPSA) is 12.9 Å². The van der Waals surface area contributed by atoms with E-state index in [0.29, 0.717) is 5.92 Å². The highest BCUT2D eigenvalue weighted by Gasteiger charge is 2.17. The molecule has 1 heteroatoms. The lowest BCUT2D eigenvalue weighted by atomic mass is 9.83. The van der Waals surface area contributed by atoms with Gasteiger partial charge < -0.3 is 0 Å². The second-order valence-corrected chi connectivity index (χ2v) is 5.84. The third-order valence-corrected chi connectivity index (χ3v) is 4.45. The Morgan fingerprint density at radius 2 is 1.45 bits per heavy atom. The molecule has 0 atom stereocenters. The van der Waals surface area contributed by atoms with Gasteiger partial charge in [-0.1, -0.05) is 62.4 Å². The maximum Gasteiger partial charge on any atom is 0.0704 e. The van der Waals surface area contributed by atoms with Gasteiger partial charge in [-0.15, -0.1) is 0 Å². The van der Waals surface area contributed by atoms with Crippen LogP contribution in [0.1, 0.15) is 56.4 Å². The van der Waals surface area contributed by atoms with Gasteiger partial charge in [0.25, 0.3) is 0 Å². The van der Waals surface area contributed by atoms with Gasteiger partial charge in [0.15, 0.2) is 0 Å². The average molecular weight is 265 g/mol. The Labute approximate surface area is 122 Å². The van der Waals surface area contributed by atoms with Crippen LogP contribution in [0.4, 0.5) is 0 Å². The van der Waals surface area contributed by atoms with E-state index < -0.39 is 0 Å². The Kier molecular flexibility index (Phi) is 4.47. The molecule has 0 N–H and O–H groups in total. The van der Waals surface area contributed by atoms with E-state index in [1.807, 2.05) is 12.3 Å². The van der Waals surface area contributed by atoms with Gasteiger partial charge in [-0.25, -0.2) is 0 Å². The van der Waals surface area contributed by atoms with Gasteiger partial charge in [0.1, 0.15) is 0 Å². The third-order valence-electron chi connectivity index (χ3n) is 4.45. The third kappa shape index (κ3) is 3.09. The summed E-state index contributed by atoms with van der Waals surface area (Å²) in [5, 5.41) is 0. The first-order valence-electron chi connectivity index (χ1n) is 7.95. The molecular formula is C19H23N. The van der Waals surface area contributed by atoms with Crippen LogP contribution < -0.4 is 0 Å². The number of aromatic nitrogens is 1. The van der Waals surface area contributed by atoms with Gasteiger partial charge in [0, 0.05) is 11.8 Å². The van der Waals surface area contributed by atoms with Crippen molar-refractivity contribution in [3.63, 3.8) is 0 Å². The molecule has 1 nitrogen and oxygen atoms in total. The van der Waals surface area contributed by atoms with Gasteiger partial charge in [0.05, 0.1) is 5.69 Å². The zero-order valence-corrected chi connectivity index (χ0v) is 12.1. The van der Waals surface area contributed by atoms with Gasteiger partial charge in [-0.3, -0.25) is 4.98 Å². The number of pyridine rings is 1. The highest BCUT2D eigenvalue weighted by molar-refractivity contribution is 5.64. The lowest BCUT2D eigenvalue weighted by molar-refractivity contribution is 0.456. The van der Waals surface area contributed by atoms with Crippen molar-refractivity contribution in [2.24, 2.45) is 0 Å². The first kappa shape index (κ1) is 13.4. The molecule has 0 unspecified atom stereocenters. The molecular weight excluding hydrogens is 242 g/mol. The minimum atomic E-state index is 0.716. The summed E-state index contributed by atoms with van der Waals surface area (Å²) in [6.07, 6.45) is 11.6. The second kappa shape index (κ2) is 6.69. The van der Waals surface area contributed by atoms with E-state index in [-0.39, 0.29) is 0 Å². The van der Waals surface area contributed by atoms with E-state index in [9.17, 15) is 0 Å². The summed E-state index contributed by atoms with van der Waals surface area (Å²) >= 11 is 0. The normalized spacial score (nSPS) is 17.4. The Bertz CT molecular complexity index is 524. The highest BCUT2D eigenvalue weighted by atomic mass is 14.7. The van der Waals surface area contributed by atoms with Crippen molar-refractivity contribution >= 4 is 0 Å². The molecule has 0 bridgehead atoms. The first-order chi connectivity index (χ1) is 9.95. The molecule has 1 fully saturated rings. The van der Waals surface area contributed by atoms with Crippen LogP contribution in [-0.2, 0) is 0 Å². The summed E-state index contributed by atoms with van der Waals surface area (Å²) in [4.78, 5) is 4.55. The van der Waals surface area contributed by atoms with Gasteiger partial charge in [-0.2, -0.15) is 0 Å². The molecule has 2 aromatic rings. The summed E-state index contributed by atoms with van der Waals surface area (Å²) in [6, 6.07) is 15.1. The van der Waals surface area contributed by atoms with Gasteiger partial charge >= 0.3 is 0 Å². The van der Waals surface area contributed by atoms with E-state index in [0.717, 1.165) is 5.69 Å². The quantitative estimate of drug-likeness (QED) is 0.691. The number of hydrogen-bond acceptors (Lipinski definition) is 1. The monoisotopic (exact) mass is 265 g/mol. The summed E-state index contributed by atoms with van der Waals surface area (Å²) < 4.78 is 0. The fraction of sp³-hybridized carbons (Fsp3) is 0.421. The van der Waals surface area contributed by atoms with Crippen molar-refractivity contribution < 1.29 is 0 Å². The second-order valence-electron chi connectivity index (χ2n) is 5.84. The standard InChI is InChI=1S/C19H23N/c1-2-4-10-16(11-5-3-1)17-12-6-7-13-18(17)19-14-8-9-15-20-19/h6-9,12-16H,1-5,10-11H2. The molecule has 1 heterocycles. The fourth-order valence-corrected chi connectivity index (χ4v) is 3.38. The first-order valence-corrected chi connectivity index (χ1v) is 7.95. The van der Waals surface area contributed by atoms with Crippen molar-refractivity contribution in [3.8, 4) is 11.3 Å². The zero-order valence-electron chi connectivity index (χ0n) is 12.1. The molecule has 0 aliphatic heterocycles. The number of nitrogens with zero attached hydrogens (tertiary/aromatic N) is 1. The summed E-state index contributed by atoms with van der Waals surface area (Å²) in [6.45, 7) is 0. The minimum absolute atomic E-state index is 0.716. The van der Waals surface area contributed by atoms with Gasteiger partial charge in [0.2, 0.25) is 0 Å². The molecule has 1 aromatic carbocycles. The van der Waals surface area contributed by atoms with Crippen molar-refractivity contribution in [2.45, 2.75) is 50.9 Å². The SMILES string of the molecule is c1ccc(-c2ccccc2C2CCCCCCC2)nc1. The average Bonchev–Trinajstić information content (AvgIpc) is 2.48. The van der Waals surface area contributed by atoms with Crippen LogP contribution in [0, 0.1) is 0 Å². The molecule has 104 valence electrons. The molecule has 1 aliphatic carbocycles. The van der Waals surface area contributed by atoms with E-state index in [2.05, 4.69) is 41.4 Å². The lowest BCUT2D eigenvalue weighted by Crippen LogP contribution is -2.04. The number of hydrogen-bond donors (Lipinski definition) is 0. The Morgan fingerprint density at radius 3 is 2.20 bits per heavy atom. The van der Waals surface area contributed by atoms with Crippen molar-refractivity contribution in [2.75, 3.05) is 0 Å². The maximum atomic E-state index is 4.55. The highest BCUT2D eigenvalue weighted by Crippen LogP contribution is 2.36. The maximum absolute atomic E-state index is 4.55. The molecule has 1 aromatic heterocycles. The van der Waals surface area contributed by atoms with Crippen LogP contribution >= 0.6 is 0 Å². The van der Waals surface area contributed by atoms with E-state index in [1.165, 1.54) is 56.1 Å². The van der Waals surface area contributed by atoms with Crippen LogP contribution in [-0.4, -0.2) is 4.98 Å². The molecule has 1 saturated carbocycles.